The van der Waals surface area contributed by atoms with Crippen molar-refractivity contribution in [2.45, 2.75) is 32.8 Å². The number of hydrogen-bond donors (Lipinski definition) is 2. The lowest BCUT2D eigenvalue weighted by Crippen LogP contribution is -2.19. The van der Waals surface area contributed by atoms with Crippen LogP contribution in [0.25, 0.3) is 16.9 Å². The topological polar surface area (TPSA) is 95.1 Å². The lowest BCUT2D eigenvalue weighted by Gasteiger charge is -2.21. The molecule has 0 radical (unpaired) electrons. The zero-order valence-electron chi connectivity index (χ0n) is 15.9. The quantitative estimate of drug-likeness (QED) is 0.713. The van der Waals surface area contributed by atoms with Crippen molar-refractivity contribution in [3.8, 4) is 5.95 Å². The fraction of sp³-hybridized carbons (Fsp3) is 0.381. The molecule has 7 nitrogen and oxygen atoms in total. The van der Waals surface area contributed by atoms with E-state index in [0.717, 1.165) is 52.6 Å². The Morgan fingerprint density at radius 3 is 3.00 bits per heavy atom. The van der Waals surface area contributed by atoms with Gasteiger partial charge in [0.1, 0.15) is 5.82 Å². The molecule has 7 heteroatoms. The third kappa shape index (κ3) is 2.92. The summed E-state index contributed by atoms with van der Waals surface area (Å²) in [6.07, 6.45) is 3.33. The van der Waals surface area contributed by atoms with E-state index in [0.29, 0.717) is 24.7 Å². The van der Waals surface area contributed by atoms with Gasteiger partial charge >= 0.3 is 0 Å². The van der Waals surface area contributed by atoms with Gasteiger partial charge in [-0.05, 0) is 43.9 Å². The molecule has 0 spiro atoms. The first-order chi connectivity index (χ1) is 13.6. The van der Waals surface area contributed by atoms with Gasteiger partial charge in [-0.2, -0.15) is 4.98 Å². The molecular formula is C21H23N5O2. The predicted molar refractivity (Wildman–Crippen MR) is 107 cm³/mol. The number of nitrogens with two attached hydrogens (primary N) is 1. The van der Waals surface area contributed by atoms with Gasteiger partial charge in [0.25, 0.3) is 0 Å². The maximum absolute atomic E-state index is 11.8. The van der Waals surface area contributed by atoms with E-state index < -0.39 is 5.91 Å². The van der Waals surface area contributed by atoms with Crippen LogP contribution in [0.4, 0.5) is 5.82 Å². The number of hydrogen-bond acceptors (Lipinski definition) is 5. The van der Waals surface area contributed by atoms with Crippen LogP contribution in [-0.4, -0.2) is 33.6 Å². The van der Waals surface area contributed by atoms with E-state index in [4.69, 9.17) is 20.4 Å². The van der Waals surface area contributed by atoms with Crippen LogP contribution in [0.3, 0.4) is 0 Å². The molecule has 2 aliphatic rings. The molecule has 3 heterocycles. The number of ether oxygens (including phenoxy) is 1. The Labute approximate surface area is 162 Å². The summed E-state index contributed by atoms with van der Waals surface area (Å²) < 4.78 is 7.65. The summed E-state index contributed by atoms with van der Waals surface area (Å²) in [4.78, 5) is 21.5. The molecule has 1 aliphatic heterocycles. The van der Waals surface area contributed by atoms with E-state index in [1.807, 2.05) is 29.7 Å². The van der Waals surface area contributed by atoms with Crippen molar-refractivity contribution in [3.05, 3.63) is 46.8 Å². The molecule has 1 amide bonds. The molecule has 1 aliphatic carbocycles. The zero-order chi connectivity index (χ0) is 19.3. The Morgan fingerprint density at radius 1 is 1.36 bits per heavy atom. The standard InChI is InChI=1S/C21H23N5O2/c1-12-9-15-14(19(22)27)3-2-4-18(15)26(12)21-24-17-7-8-28-11-16(17)20(25-21)23-10-13-5-6-13/h2-4,9,13H,5-8,10-11H2,1H3,(H2,22,27)(H,23,24,25). The largest absolute Gasteiger partial charge is 0.376 e. The number of nitrogens with zero attached hydrogens (tertiary/aromatic N) is 3. The number of carbonyl (C=O) groups is 1. The minimum absolute atomic E-state index is 0.432. The highest BCUT2D eigenvalue weighted by Gasteiger charge is 2.24. The molecule has 0 atom stereocenters. The molecule has 3 aromatic rings. The molecule has 1 fully saturated rings. The Hall–Kier alpha value is -2.93. The third-order valence-electron chi connectivity index (χ3n) is 5.56. The lowest BCUT2D eigenvalue weighted by molar-refractivity contribution is 0.100. The number of primary amides is 1. The second kappa shape index (κ2) is 6.60. The Bertz CT molecular complexity index is 1080. The zero-order valence-corrected chi connectivity index (χ0v) is 15.9. The number of fused-ring (bicyclic) bond motifs is 2. The maximum Gasteiger partial charge on any atom is 0.249 e. The van der Waals surface area contributed by atoms with Crippen LogP contribution in [0.5, 0.6) is 0 Å². The van der Waals surface area contributed by atoms with Crippen molar-refractivity contribution in [2.24, 2.45) is 11.7 Å². The number of amides is 1. The van der Waals surface area contributed by atoms with Gasteiger partial charge < -0.3 is 15.8 Å². The molecule has 3 N–H and O–H groups in total. The Morgan fingerprint density at radius 2 is 2.21 bits per heavy atom. The van der Waals surface area contributed by atoms with Crippen LogP contribution in [0.2, 0.25) is 0 Å². The summed E-state index contributed by atoms with van der Waals surface area (Å²) >= 11 is 0. The van der Waals surface area contributed by atoms with E-state index in [1.165, 1.54) is 12.8 Å². The molecule has 1 saturated carbocycles. The van der Waals surface area contributed by atoms with E-state index >= 15 is 0 Å². The van der Waals surface area contributed by atoms with E-state index in [-0.39, 0.29) is 0 Å². The number of carbonyl (C=O) groups excluding carboxylic acids is 1. The number of aryl methyl sites for hydroxylation is 1. The minimum Gasteiger partial charge on any atom is -0.376 e. The summed E-state index contributed by atoms with van der Waals surface area (Å²) in [5.74, 6) is 1.79. The number of rotatable bonds is 5. The molecule has 2 aromatic heterocycles. The van der Waals surface area contributed by atoms with E-state index in [1.54, 1.807) is 6.07 Å². The van der Waals surface area contributed by atoms with Crippen LogP contribution in [0.15, 0.2) is 24.3 Å². The predicted octanol–water partition coefficient (Wildman–Crippen LogP) is 2.72. The normalized spacial score (nSPS) is 16.2. The first-order valence-corrected chi connectivity index (χ1v) is 9.74. The summed E-state index contributed by atoms with van der Waals surface area (Å²) in [6, 6.07) is 7.54. The minimum atomic E-state index is -0.432. The highest BCUT2D eigenvalue weighted by atomic mass is 16.5. The number of aromatic nitrogens is 3. The highest BCUT2D eigenvalue weighted by Crippen LogP contribution is 2.31. The molecule has 28 heavy (non-hydrogen) atoms. The van der Waals surface area contributed by atoms with Crippen molar-refractivity contribution < 1.29 is 9.53 Å². The molecular weight excluding hydrogens is 354 g/mol. The summed E-state index contributed by atoms with van der Waals surface area (Å²) in [5.41, 5.74) is 10.0. The number of anilines is 1. The first kappa shape index (κ1) is 17.2. The van der Waals surface area contributed by atoms with Crippen LogP contribution in [-0.2, 0) is 17.8 Å². The van der Waals surface area contributed by atoms with Crippen molar-refractivity contribution in [2.75, 3.05) is 18.5 Å². The third-order valence-corrected chi connectivity index (χ3v) is 5.56. The average Bonchev–Trinajstić information content (AvgIpc) is 3.45. The fourth-order valence-corrected chi connectivity index (χ4v) is 3.87. The molecule has 0 saturated heterocycles. The molecule has 5 rings (SSSR count). The van der Waals surface area contributed by atoms with Crippen molar-refractivity contribution >= 4 is 22.6 Å². The van der Waals surface area contributed by atoms with Crippen LogP contribution >= 0.6 is 0 Å². The second-order valence-corrected chi connectivity index (χ2v) is 7.65. The lowest BCUT2D eigenvalue weighted by atomic mass is 10.1. The van der Waals surface area contributed by atoms with Gasteiger partial charge in [-0.3, -0.25) is 9.36 Å². The summed E-state index contributed by atoms with van der Waals surface area (Å²) in [6.45, 7) is 4.14. The van der Waals surface area contributed by atoms with Gasteiger partial charge in [0, 0.05) is 35.2 Å². The molecule has 144 valence electrons. The van der Waals surface area contributed by atoms with E-state index in [9.17, 15) is 4.79 Å². The SMILES string of the molecule is Cc1cc2c(C(N)=O)cccc2n1-c1nc2c(c(NCC3CC3)n1)COCC2. The monoisotopic (exact) mass is 377 g/mol. The Kier molecular flexibility index (Phi) is 4.05. The van der Waals surface area contributed by atoms with Gasteiger partial charge in [0.05, 0.1) is 24.4 Å². The van der Waals surface area contributed by atoms with Crippen molar-refractivity contribution in [3.63, 3.8) is 0 Å². The van der Waals surface area contributed by atoms with Crippen LogP contribution in [0.1, 0.15) is 40.2 Å². The molecule has 0 bridgehead atoms. The molecule has 1 aromatic carbocycles. The van der Waals surface area contributed by atoms with Crippen molar-refractivity contribution in [1.82, 2.24) is 14.5 Å². The van der Waals surface area contributed by atoms with E-state index in [2.05, 4.69) is 5.32 Å². The molecule has 0 unspecified atom stereocenters. The average molecular weight is 377 g/mol. The summed E-state index contributed by atoms with van der Waals surface area (Å²) in [5, 5.41) is 4.34. The van der Waals surface area contributed by atoms with Gasteiger partial charge in [0.15, 0.2) is 0 Å². The highest BCUT2D eigenvalue weighted by molar-refractivity contribution is 6.06. The second-order valence-electron chi connectivity index (χ2n) is 7.65. The van der Waals surface area contributed by atoms with Gasteiger partial charge in [-0.1, -0.05) is 6.07 Å². The van der Waals surface area contributed by atoms with Crippen LogP contribution in [0, 0.1) is 12.8 Å². The first-order valence-electron chi connectivity index (χ1n) is 9.74. The number of nitrogens with one attached hydrogen (secondary N) is 1. The summed E-state index contributed by atoms with van der Waals surface area (Å²) in [7, 11) is 0. The van der Waals surface area contributed by atoms with Crippen LogP contribution < -0.4 is 11.1 Å². The van der Waals surface area contributed by atoms with Gasteiger partial charge in [-0.15, -0.1) is 0 Å². The number of benzene rings is 1. The smallest absolute Gasteiger partial charge is 0.249 e. The maximum atomic E-state index is 11.8. The Balaban J connectivity index is 1.66. The fourth-order valence-electron chi connectivity index (χ4n) is 3.87. The van der Waals surface area contributed by atoms with Crippen molar-refractivity contribution in [1.29, 1.82) is 0 Å². The van der Waals surface area contributed by atoms with Gasteiger partial charge in [0.2, 0.25) is 11.9 Å². The van der Waals surface area contributed by atoms with Gasteiger partial charge in [-0.25, -0.2) is 4.98 Å².